The molecule has 0 spiro atoms. The third-order valence-corrected chi connectivity index (χ3v) is 5.80. The largest absolute Gasteiger partial charge is 0.341 e. The van der Waals surface area contributed by atoms with Crippen LogP contribution < -0.4 is 10.2 Å². The van der Waals surface area contributed by atoms with Crippen molar-refractivity contribution >= 4 is 28.7 Å². The molecule has 0 aliphatic carbocycles. The highest BCUT2D eigenvalue weighted by Crippen LogP contribution is 2.20. The number of fused-ring (bicyclic) bond motifs is 1. The molecule has 170 valence electrons. The van der Waals surface area contributed by atoms with Gasteiger partial charge in [-0.2, -0.15) is 5.10 Å². The average Bonchev–Trinajstić information content (AvgIpc) is 3.31. The van der Waals surface area contributed by atoms with Gasteiger partial charge in [-0.15, -0.1) is 0 Å². The highest BCUT2D eigenvalue weighted by Gasteiger charge is 2.20. The molecule has 2 aromatic carbocycles. The molecule has 8 nitrogen and oxygen atoms in total. The van der Waals surface area contributed by atoms with Crippen molar-refractivity contribution < 1.29 is 9.18 Å². The maximum absolute atomic E-state index is 13.3. The van der Waals surface area contributed by atoms with Crippen molar-refractivity contribution in [1.29, 1.82) is 0 Å². The lowest BCUT2D eigenvalue weighted by Crippen LogP contribution is -2.36. The van der Waals surface area contributed by atoms with Gasteiger partial charge in [0.05, 0.1) is 29.0 Å². The number of imidazole rings is 1. The van der Waals surface area contributed by atoms with E-state index in [-0.39, 0.29) is 11.7 Å². The van der Waals surface area contributed by atoms with Crippen LogP contribution in [0.2, 0.25) is 0 Å². The highest BCUT2D eigenvalue weighted by molar-refractivity contribution is 5.91. The van der Waals surface area contributed by atoms with Crippen molar-refractivity contribution in [2.45, 2.75) is 13.3 Å². The Morgan fingerprint density at radius 1 is 1.09 bits per heavy atom. The first-order chi connectivity index (χ1) is 16.0. The number of aromatic nitrogens is 4. The lowest BCUT2D eigenvalue weighted by atomic mass is 10.3. The molecule has 0 saturated carbocycles. The molecular formula is C24H26FN7O. The van der Waals surface area contributed by atoms with Crippen molar-refractivity contribution in [3.8, 4) is 5.69 Å². The van der Waals surface area contributed by atoms with Crippen LogP contribution in [-0.2, 0) is 4.79 Å². The maximum atomic E-state index is 13.3. The van der Waals surface area contributed by atoms with E-state index in [2.05, 4.69) is 25.2 Å². The number of carbonyl (C=O) groups excluding carboxylic acids is 1. The second kappa shape index (κ2) is 9.03. The van der Waals surface area contributed by atoms with E-state index in [1.165, 1.54) is 12.1 Å². The molecule has 1 aliphatic rings. The minimum Gasteiger partial charge on any atom is -0.341 e. The van der Waals surface area contributed by atoms with Gasteiger partial charge in [0.2, 0.25) is 11.9 Å². The number of nitrogens with one attached hydrogen (secondary N) is 2. The molecule has 5 rings (SSSR count). The van der Waals surface area contributed by atoms with Crippen LogP contribution in [0, 0.1) is 12.7 Å². The standard InChI is InChI=1S/C24H26FN7O/c1-17-15-22(32(29-17)19-9-7-18(25)8-10-19)28-23(33)16-30-11-4-12-31(14-13-30)24-26-20-5-2-3-6-21(20)27-24/h2-3,5-10,15H,4,11-14,16H2,1H3,(H,26,27)(H,28,33). The van der Waals surface area contributed by atoms with E-state index >= 15 is 0 Å². The number of H-pyrrole nitrogens is 1. The Labute approximate surface area is 191 Å². The molecule has 0 bridgehead atoms. The number of rotatable bonds is 5. The van der Waals surface area contributed by atoms with Crippen molar-refractivity contribution in [2.75, 3.05) is 42.9 Å². The first kappa shape index (κ1) is 21.1. The van der Waals surface area contributed by atoms with Gasteiger partial charge in [0.1, 0.15) is 11.6 Å². The first-order valence-corrected chi connectivity index (χ1v) is 11.1. The Morgan fingerprint density at radius 2 is 1.91 bits per heavy atom. The number of benzene rings is 2. The number of aryl methyl sites for hydroxylation is 1. The summed E-state index contributed by atoms with van der Waals surface area (Å²) >= 11 is 0. The maximum Gasteiger partial charge on any atom is 0.239 e. The Hall–Kier alpha value is -3.72. The van der Waals surface area contributed by atoms with Crippen LogP contribution in [0.1, 0.15) is 12.1 Å². The van der Waals surface area contributed by atoms with Gasteiger partial charge in [0.15, 0.2) is 0 Å². The number of hydrogen-bond donors (Lipinski definition) is 2. The lowest BCUT2D eigenvalue weighted by Gasteiger charge is -2.21. The van der Waals surface area contributed by atoms with Gasteiger partial charge in [-0.05, 0) is 49.7 Å². The zero-order chi connectivity index (χ0) is 22.8. The van der Waals surface area contributed by atoms with Gasteiger partial charge in [0.25, 0.3) is 0 Å². The summed E-state index contributed by atoms with van der Waals surface area (Å²) in [6.07, 6.45) is 0.941. The quantitative estimate of drug-likeness (QED) is 0.490. The highest BCUT2D eigenvalue weighted by atomic mass is 19.1. The minimum absolute atomic E-state index is 0.101. The number of carbonyl (C=O) groups is 1. The Morgan fingerprint density at radius 3 is 2.73 bits per heavy atom. The number of hydrogen-bond acceptors (Lipinski definition) is 5. The normalized spacial score (nSPS) is 15.0. The topological polar surface area (TPSA) is 82.1 Å². The molecule has 9 heteroatoms. The number of nitrogens with zero attached hydrogens (tertiary/aromatic N) is 5. The third-order valence-electron chi connectivity index (χ3n) is 5.80. The molecular weight excluding hydrogens is 421 g/mol. The van der Waals surface area contributed by atoms with E-state index in [0.717, 1.165) is 55.3 Å². The predicted molar refractivity (Wildman–Crippen MR) is 126 cm³/mol. The van der Waals surface area contributed by atoms with E-state index in [0.29, 0.717) is 18.1 Å². The van der Waals surface area contributed by atoms with Gasteiger partial charge in [-0.25, -0.2) is 14.1 Å². The van der Waals surface area contributed by atoms with Crippen LogP contribution in [0.25, 0.3) is 16.7 Å². The molecule has 1 amide bonds. The van der Waals surface area contributed by atoms with Crippen molar-refractivity contribution in [2.24, 2.45) is 0 Å². The summed E-state index contributed by atoms with van der Waals surface area (Å²) in [5.74, 6) is 1.03. The molecule has 0 radical (unpaired) electrons. The summed E-state index contributed by atoms with van der Waals surface area (Å²) < 4.78 is 14.9. The van der Waals surface area contributed by atoms with Crippen LogP contribution in [0.4, 0.5) is 16.2 Å². The SMILES string of the molecule is Cc1cc(NC(=O)CN2CCCN(c3nc4ccccc4[nH]3)CC2)n(-c2ccc(F)cc2)n1. The second-order valence-electron chi connectivity index (χ2n) is 8.30. The monoisotopic (exact) mass is 447 g/mol. The number of aromatic amines is 1. The summed E-state index contributed by atoms with van der Waals surface area (Å²) in [7, 11) is 0. The minimum atomic E-state index is -0.314. The van der Waals surface area contributed by atoms with E-state index in [1.54, 1.807) is 16.8 Å². The van der Waals surface area contributed by atoms with Gasteiger partial charge in [-0.3, -0.25) is 9.69 Å². The second-order valence-corrected chi connectivity index (χ2v) is 8.30. The Kier molecular flexibility index (Phi) is 5.78. The van der Waals surface area contributed by atoms with Gasteiger partial charge in [0, 0.05) is 32.2 Å². The van der Waals surface area contributed by atoms with Crippen LogP contribution in [-0.4, -0.2) is 63.3 Å². The fourth-order valence-electron chi connectivity index (χ4n) is 4.18. The summed E-state index contributed by atoms with van der Waals surface area (Å²) in [4.78, 5) is 25.3. The number of amides is 1. The third kappa shape index (κ3) is 4.73. The van der Waals surface area contributed by atoms with Gasteiger partial charge in [-0.1, -0.05) is 12.1 Å². The molecule has 1 saturated heterocycles. The average molecular weight is 448 g/mol. The number of anilines is 2. The summed E-state index contributed by atoms with van der Waals surface area (Å²) in [5, 5.41) is 7.40. The van der Waals surface area contributed by atoms with Crippen molar-refractivity contribution in [1.82, 2.24) is 24.6 Å². The zero-order valence-corrected chi connectivity index (χ0v) is 18.5. The van der Waals surface area contributed by atoms with Crippen LogP contribution in [0.15, 0.2) is 54.6 Å². The van der Waals surface area contributed by atoms with E-state index in [4.69, 9.17) is 4.98 Å². The smallest absolute Gasteiger partial charge is 0.239 e. The Bertz CT molecular complexity index is 1230. The predicted octanol–water partition coefficient (Wildman–Crippen LogP) is 3.35. The lowest BCUT2D eigenvalue weighted by molar-refractivity contribution is -0.117. The summed E-state index contributed by atoms with van der Waals surface area (Å²) in [6.45, 7) is 5.42. The van der Waals surface area contributed by atoms with E-state index < -0.39 is 0 Å². The zero-order valence-electron chi connectivity index (χ0n) is 18.5. The molecule has 1 fully saturated rings. The molecule has 4 aromatic rings. The molecule has 2 N–H and O–H groups in total. The summed E-state index contributed by atoms with van der Waals surface area (Å²) in [5.41, 5.74) is 3.45. The summed E-state index contributed by atoms with van der Waals surface area (Å²) in [6, 6.07) is 15.9. The molecule has 3 heterocycles. The molecule has 33 heavy (non-hydrogen) atoms. The number of para-hydroxylation sites is 2. The van der Waals surface area contributed by atoms with E-state index in [1.807, 2.05) is 37.3 Å². The van der Waals surface area contributed by atoms with Crippen molar-refractivity contribution in [3.05, 3.63) is 66.1 Å². The molecule has 2 aromatic heterocycles. The number of halogens is 1. The first-order valence-electron chi connectivity index (χ1n) is 11.1. The fourth-order valence-corrected chi connectivity index (χ4v) is 4.18. The Balaban J connectivity index is 1.22. The van der Waals surface area contributed by atoms with Crippen LogP contribution in [0.3, 0.4) is 0 Å². The molecule has 0 atom stereocenters. The van der Waals surface area contributed by atoms with Crippen LogP contribution >= 0.6 is 0 Å². The molecule has 0 unspecified atom stereocenters. The fraction of sp³-hybridized carbons (Fsp3) is 0.292. The van der Waals surface area contributed by atoms with Gasteiger partial charge < -0.3 is 15.2 Å². The van der Waals surface area contributed by atoms with Gasteiger partial charge >= 0.3 is 0 Å². The van der Waals surface area contributed by atoms with Crippen LogP contribution in [0.5, 0.6) is 0 Å². The van der Waals surface area contributed by atoms with Crippen molar-refractivity contribution in [3.63, 3.8) is 0 Å². The molecule has 1 aliphatic heterocycles. The van der Waals surface area contributed by atoms with E-state index in [9.17, 15) is 9.18 Å².